The van der Waals surface area contributed by atoms with Crippen LogP contribution in [0.2, 0.25) is 0 Å². The molecule has 2 heterocycles. The van der Waals surface area contributed by atoms with Gasteiger partial charge in [0.2, 0.25) is 0 Å². The smallest absolute Gasteiger partial charge is 0.414 e. The summed E-state index contributed by atoms with van der Waals surface area (Å²) in [7, 11) is 1.60. The van der Waals surface area contributed by atoms with Crippen LogP contribution in [-0.4, -0.2) is 129 Å². The molecule has 2 amide bonds. The Balaban J connectivity index is 2.00. The average Bonchev–Trinajstić information content (AvgIpc) is 3.38. The molecule has 56 heavy (non-hydrogen) atoms. The van der Waals surface area contributed by atoms with Crippen LogP contribution in [0.25, 0.3) is 6.08 Å². The Labute approximate surface area is 333 Å². The van der Waals surface area contributed by atoms with Gasteiger partial charge in [-0.3, -0.25) is 4.90 Å². The molecule has 1 fully saturated rings. The van der Waals surface area contributed by atoms with Crippen LogP contribution in [0.3, 0.4) is 0 Å². The third-order valence-electron chi connectivity index (χ3n) is 8.90. The van der Waals surface area contributed by atoms with E-state index in [4.69, 9.17) is 37.9 Å². The van der Waals surface area contributed by atoms with Crippen molar-refractivity contribution in [2.24, 2.45) is 5.92 Å². The largest absolute Gasteiger partial charge is 0.458 e. The zero-order chi connectivity index (χ0) is 41.8. The average molecular weight is 791 g/mol. The zero-order valence-corrected chi connectivity index (χ0v) is 35.5. The van der Waals surface area contributed by atoms with Crippen LogP contribution in [0.4, 0.5) is 15.3 Å². The van der Waals surface area contributed by atoms with Gasteiger partial charge in [0, 0.05) is 38.3 Å². The first-order valence-electron chi connectivity index (χ1n) is 19.5. The number of benzene rings is 1. The van der Waals surface area contributed by atoms with E-state index in [0.717, 1.165) is 0 Å². The topological polar surface area (TPSA) is 152 Å². The second kappa shape index (κ2) is 20.8. The summed E-state index contributed by atoms with van der Waals surface area (Å²) in [5.74, 6) is -1.65. The third kappa shape index (κ3) is 15.1. The molecule has 2 aliphatic rings. The van der Waals surface area contributed by atoms with Crippen molar-refractivity contribution in [3.8, 4) is 0 Å². The molecule has 0 radical (unpaired) electrons. The second-order valence-electron chi connectivity index (χ2n) is 16.7. The molecule has 14 heteroatoms. The van der Waals surface area contributed by atoms with E-state index in [0.29, 0.717) is 55.2 Å². The van der Waals surface area contributed by atoms with E-state index in [-0.39, 0.29) is 32.2 Å². The van der Waals surface area contributed by atoms with E-state index < -0.39 is 59.6 Å². The van der Waals surface area contributed by atoms with Gasteiger partial charge in [-0.25, -0.2) is 14.4 Å². The van der Waals surface area contributed by atoms with E-state index in [9.17, 15) is 19.5 Å². The van der Waals surface area contributed by atoms with Crippen LogP contribution in [0.15, 0.2) is 30.4 Å². The Morgan fingerprint density at radius 3 is 2.14 bits per heavy atom. The van der Waals surface area contributed by atoms with Crippen molar-refractivity contribution in [2.45, 2.75) is 124 Å². The predicted molar refractivity (Wildman–Crippen MR) is 213 cm³/mol. The second-order valence-corrected chi connectivity index (χ2v) is 16.7. The van der Waals surface area contributed by atoms with Crippen molar-refractivity contribution in [3.63, 3.8) is 0 Å². The van der Waals surface area contributed by atoms with Gasteiger partial charge >= 0.3 is 18.2 Å². The number of hydrogen-bond donors (Lipinski definition) is 1. The number of esters is 1. The fourth-order valence-corrected chi connectivity index (χ4v) is 6.04. The van der Waals surface area contributed by atoms with Gasteiger partial charge in [0.1, 0.15) is 29.5 Å². The number of aryl methyl sites for hydroxylation is 1. The number of fused-ring (bicyclic) bond motifs is 2. The number of hydrogen-bond acceptors (Lipinski definition) is 12. The summed E-state index contributed by atoms with van der Waals surface area (Å²) < 4.78 is 46.0. The van der Waals surface area contributed by atoms with E-state index >= 15 is 0 Å². The lowest BCUT2D eigenvalue weighted by Gasteiger charge is -2.32. The lowest BCUT2D eigenvalue weighted by Crippen LogP contribution is -2.45. The molecule has 316 valence electrons. The maximum Gasteiger partial charge on any atom is 0.414 e. The van der Waals surface area contributed by atoms with E-state index in [2.05, 4.69) is 0 Å². The van der Waals surface area contributed by atoms with Crippen LogP contribution in [0.1, 0.15) is 97.1 Å². The number of cyclic esters (lactones) is 1. The molecule has 1 aromatic carbocycles. The van der Waals surface area contributed by atoms with Gasteiger partial charge in [0.25, 0.3) is 0 Å². The Hall–Kier alpha value is -3.53. The summed E-state index contributed by atoms with van der Waals surface area (Å²) in [6.07, 6.45) is 3.73. The molecule has 1 aromatic rings. The molecule has 0 saturated carbocycles. The molecule has 1 N–H and O–H groups in total. The molecule has 0 spiro atoms. The number of aliphatic hydroxyl groups is 1. The summed E-state index contributed by atoms with van der Waals surface area (Å²) in [6.45, 7) is 21.9. The van der Waals surface area contributed by atoms with Crippen molar-refractivity contribution in [3.05, 3.63) is 47.1 Å². The van der Waals surface area contributed by atoms with Crippen LogP contribution in [0, 0.1) is 12.8 Å². The minimum absolute atomic E-state index is 0.0312. The maximum absolute atomic E-state index is 13.9. The van der Waals surface area contributed by atoms with Crippen LogP contribution in [0.5, 0.6) is 0 Å². The van der Waals surface area contributed by atoms with Crippen LogP contribution in [-0.2, 0) is 37.9 Å². The Morgan fingerprint density at radius 2 is 1.50 bits per heavy atom. The minimum Gasteiger partial charge on any atom is -0.458 e. The van der Waals surface area contributed by atoms with Crippen molar-refractivity contribution in [1.82, 2.24) is 4.90 Å². The standard InChI is InChI=1S/C42H66N2O12/c1-28-16-17-33(45)36-34(53-42(10,11)54-36)15-13-14-31-27-32(26-29(2)35(31)37(46)52-30(28)3)44(39(48)56-41(7,8)9)19-18-43(38(47)55-40(4,5)6)20-21-50-24-25-51-23-22-49-12/h13-14,16-17,26-28,30,33-34,36,45H,15,18-25H2,1-12H3/b14-13+,17-16-/t28-,30+,33-,34+,36-/m1/s1. The van der Waals surface area contributed by atoms with Gasteiger partial charge in [-0.15, -0.1) is 0 Å². The fourth-order valence-electron chi connectivity index (χ4n) is 6.04. The number of nitrogens with zero attached hydrogens (tertiary/aromatic N) is 2. The summed E-state index contributed by atoms with van der Waals surface area (Å²) in [5, 5.41) is 11.1. The highest BCUT2D eigenvalue weighted by molar-refractivity contribution is 5.97. The lowest BCUT2D eigenvalue weighted by molar-refractivity contribution is -0.152. The first-order valence-corrected chi connectivity index (χ1v) is 19.5. The maximum atomic E-state index is 13.9. The molecule has 0 aromatic heterocycles. The van der Waals surface area contributed by atoms with Gasteiger partial charge in [-0.1, -0.05) is 31.2 Å². The molecule has 0 bridgehead atoms. The zero-order valence-electron chi connectivity index (χ0n) is 35.5. The summed E-state index contributed by atoms with van der Waals surface area (Å²) in [6, 6.07) is 3.47. The highest BCUT2D eigenvalue weighted by atomic mass is 16.8. The predicted octanol–water partition coefficient (Wildman–Crippen LogP) is 6.69. The quantitative estimate of drug-likeness (QED) is 0.0982. The van der Waals surface area contributed by atoms with Crippen molar-refractivity contribution < 1.29 is 57.4 Å². The number of ether oxygens (including phenoxy) is 8. The number of rotatable bonds is 13. The molecule has 5 atom stereocenters. The van der Waals surface area contributed by atoms with Crippen molar-refractivity contribution in [2.75, 3.05) is 64.7 Å². The third-order valence-corrected chi connectivity index (χ3v) is 8.90. The highest BCUT2D eigenvalue weighted by Gasteiger charge is 2.43. The molecule has 0 unspecified atom stereocenters. The minimum atomic E-state index is -0.945. The highest BCUT2D eigenvalue weighted by Crippen LogP contribution is 2.34. The van der Waals surface area contributed by atoms with Crippen molar-refractivity contribution >= 4 is 29.9 Å². The van der Waals surface area contributed by atoms with Gasteiger partial charge in [-0.05, 0) is 98.9 Å². The lowest BCUT2D eigenvalue weighted by atomic mass is 9.97. The summed E-state index contributed by atoms with van der Waals surface area (Å²) in [5.41, 5.74) is 0.280. The molecule has 2 aliphatic heterocycles. The van der Waals surface area contributed by atoms with Gasteiger partial charge in [-0.2, -0.15) is 0 Å². The van der Waals surface area contributed by atoms with E-state index in [1.54, 1.807) is 101 Å². The summed E-state index contributed by atoms with van der Waals surface area (Å²) >= 11 is 0. The molecular weight excluding hydrogens is 724 g/mol. The SMILES string of the molecule is COCCOCCOCCN(CCN(C(=O)OC(C)(C)C)c1cc(C)c2c(c1)/C=C/C[C@@H]1OC(C)(C)O[C@@H]1[C@H](O)/C=C\[C@@H](C)[C@H](C)OC2=O)C(=O)OC(C)(C)C. The number of amides is 2. The number of carbonyl (C=O) groups is 3. The fraction of sp³-hybridized carbons (Fsp3) is 0.690. The van der Waals surface area contributed by atoms with Crippen LogP contribution < -0.4 is 4.90 Å². The van der Waals surface area contributed by atoms with Crippen LogP contribution >= 0.6 is 0 Å². The van der Waals surface area contributed by atoms with Gasteiger partial charge < -0.3 is 47.9 Å². The molecule has 1 saturated heterocycles. The monoisotopic (exact) mass is 790 g/mol. The first kappa shape index (κ1) is 46.8. The van der Waals surface area contributed by atoms with Gasteiger partial charge in [0.15, 0.2) is 5.79 Å². The Kier molecular flexibility index (Phi) is 17.4. The van der Waals surface area contributed by atoms with E-state index in [1.807, 2.05) is 19.1 Å². The molecule has 3 rings (SSSR count). The summed E-state index contributed by atoms with van der Waals surface area (Å²) in [4.78, 5) is 44.1. The number of anilines is 1. The Morgan fingerprint density at radius 1 is 0.875 bits per heavy atom. The first-order chi connectivity index (χ1) is 26.1. The molecule has 0 aliphatic carbocycles. The Bertz CT molecular complexity index is 1510. The number of methoxy groups -OCH3 is 1. The molecular formula is C42H66N2O12. The number of carbonyl (C=O) groups excluding carboxylic acids is 3. The van der Waals surface area contributed by atoms with Gasteiger partial charge in [0.05, 0.1) is 44.7 Å². The normalized spacial score (nSPS) is 23.9. The van der Waals surface area contributed by atoms with E-state index in [1.165, 1.54) is 9.80 Å². The number of aliphatic hydroxyl groups excluding tert-OH is 1. The molecule has 14 nitrogen and oxygen atoms in total. The van der Waals surface area contributed by atoms with Crippen molar-refractivity contribution in [1.29, 1.82) is 0 Å².